The molecule has 4 nitrogen and oxygen atoms in total. The van der Waals surface area contributed by atoms with Gasteiger partial charge < -0.3 is 10.2 Å². The lowest BCUT2D eigenvalue weighted by Gasteiger charge is -2.38. The molecule has 0 saturated heterocycles. The summed E-state index contributed by atoms with van der Waals surface area (Å²) in [6.07, 6.45) is 0. The maximum atomic E-state index is 14.5. The van der Waals surface area contributed by atoms with Gasteiger partial charge in [-0.3, -0.25) is 9.69 Å². The third kappa shape index (κ3) is 3.62. The lowest BCUT2D eigenvalue weighted by Crippen LogP contribution is -2.49. The van der Waals surface area contributed by atoms with E-state index in [1.807, 2.05) is 31.2 Å². The van der Waals surface area contributed by atoms with Crippen LogP contribution in [0.2, 0.25) is 0 Å². The van der Waals surface area contributed by atoms with Crippen molar-refractivity contribution in [3.05, 3.63) is 76.5 Å². The van der Waals surface area contributed by atoms with Crippen LogP contribution in [0, 0.1) is 18.6 Å². The number of likely N-dealkylation sites (N-methyl/N-ethyl adjacent to an activating group) is 1. The smallest absolute Gasteiger partial charge is 0.253 e. The van der Waals surface area contributed by atoms with Crippen LogP contribution in [0.15, 0.2) is 53.7 Å². The Labute approximate surface area is 168 Å². The molecule has 7 heteroatoms. The number of carbonyl (C=O) groups excluding carboxylic acids is 1. The van der Waals surface area contributed by atoms with E-state index >= 15 is 0 Å². The van der Waals surface area contributed by atoms with Crippen molar-refractivity contribution >= 4 is 28.9 Å². The van der Waals surface area contributed by atoms with Crippen LogP contribution < -0.4 is 10.2 Å². The lowest BCUT2D eigenvalue weighted by atomic mass is 9.93. The third-order valence-corrected chi connectivity index (χ3v) is 4.96. The molecule has 0 unspecified atom stereocenters. The fourth-order valence-electron chi connectivity index (χ4n) is 3.31. The molecule has 3 rings (SSSR count). The first-order valence-electron chi connectivity index (χ1n) is 8.75. The fraction of sp³-hybridized carbons (Fsp3) is 0.238. The van der Waals surface area contributed by atoms with Gasteiger partial charge in [-0.15, -0.1) is 0 Å². The molecule has 146 valence electrons. The Bertz CT molecular complexity index is 987. The van der Waals surface area contributed by atoms with E-state index in [9.17, 15) is 13.6 Å². The van der Waals surface area contributed by atoms with Crippen molar-refractivity contribution in [2.75, 3.05) is 19.0 Å². The van der Waals surface area contributed by atoms with Crippen LogP contribution in [-0.4, -0.2) is 30.0 Å². The van der Waals surface area contributed by atoms with Gasteiger partial charge >= 0.3 is 0 Å². The van der Waals surface area contributed by atoms with E-state index in [1.54, 1.807) is 25.9 Å². The van der Waals surface area contributed by atoms with E-state index in [0.29, 0.717) is 16.4 Å². The van der Waals surface area contributed by atoms with Gasteiger partial charge in [0.05, 0.1) is 11.6 Å². The second-order valence-corrected chi connectivity index (χ2v) is 7.31. The Hall–Kier alpha value is -2.80. The minimum atomic E-state index is -0.816. The number of carbonyl (C=O) groups is 1. The number of nitrogens with zero attached hydrogens (tertiary/aromatic N) is 2. The number of anilines is 1. The number of thiocarbonyl (C=S) groups is 1. The van der Waals surface area contributed by atoms with Crippen LogP contribution in [-0.2, 0) is 4.79 Å². The summed E-state index contributed by atoms with van der Waals surface area (Å²) in [6, 6.07) is 10.2. The SMILES string of the molecule is CC1=C(C(=O)N(C)C)[C@H](c2ccc(F)cc2F)NC(=S)N1c1cccc(C)c1. The van der Waals surface area contributed by atoms with Crippen LogP contribution in [0.1, 0.15) is 24.1 Å². The predicted molar refractivity (Wildman–Crippen MR) is 110 cm³/mol. The first-order valence-corrected chi connectivity index (χ1v) is 9.16. The normalized spacial score (nSPS) is 16.9. The molecule has 1 aliphatic heterocycles. The van der Waals surface area contributed by atoms with Crippen molar-refractivity contribution in [3.8, 4) is 0 Å². The second kappa shape index (κ2) is 7.67. The highest BCUT2D eigenvalue weighted by Gasteiger charge is 2.36. The Balaban J connectivity index is 2.20. The number of aryl methyl sites for hydroxylation is 1. The van der Waals surface area contributed by atoms with E-state index in [1.165, 1.54) is 17.0 Å². The Morgan fingerprint density at radius 3 is 2.46 bits per heavy atom. The van der Waals surface area contributed by atoms with Crippen molar-refractivity contribution in [1.29, 1.82) is 0 Å². The van der Waals surface area contributed by atoms with Crippen molar-refractivity contribution in [2.24, 2.45) is 0 Å². The predicted octanol–water partition coefficient (Wildman–Crippen LogP) is 4.07. The number of amides is 1. The van der Waals surface area contributed by atoms with E-state index in [0.717, 1.165) is 17.3 Å². The summed E-state index contributed by atoms with van der Waals surface area (Å²) in [5.74, 6) is -1.69. The minimum Gasteiger partial charge on any atom is -0.351 e. The van der Waals surface area contributed by atoms with E-state index < -0.39 is 17.7 Å². The highest BCUT2D eigenvalue weighted by molar-refractivity contribution is 7.80. The standard InChI is InChI=1S/C21H21F2N3OS/c1-12-6-5-7-15(10-12)26-13(2)18(20(27)25(3)4)19(24-21(26)28)16-9-8-14(22)11-17(16)23/h5-11,19H,1-4H3,(H,24,28)/t19-/m0/s1. The molecule has 2 aromatic rings. The molecule has 0 aliphatic carbocycles. The fourth-order valence-corrected chi connectivity index (χ4v) is 3.67. The quantitative estimate of drug-likeness (QED) is 0.787. The number of halogens is 2. The van der Waals surface area contributed by atoms with Gasteiger partial charge in [0.1, 0.15) is 11.6 Å². The molecule has 1 aliphatic rings. The van der Waals surface area contributed by atoms with E-state index in [-0.39, 0.29) is 11.5 Å². The molecular weight excluding hydrogens is 380 g/mol. The van der Waals surface area contributed by atoms with Gasteiger partial charge in [-0.1, -0.05) is 18.2 Å². The molecule has 1 amide bonds. The summed E-state index contributed by atoms with van der Waals surface area (Å²) in [6.45, 7) is 3.74. The minimum absolute atomic E-state index is 0.164. The van der Waals surface area contributed by atoms with Gasteiger partial charge in [0.15, 0.2) is 5.11 Å². The number of rotatable bonds is 3. The lowest BCUT2D eigenvalue weighted by molar-refractivity contribution is -0.125. The highest BCUT2D eigenvalue weighted by atomic mass is 32.1. The van der Waals surface area contributed by atoms with Gasteiger partial charge in [-0.2, -0.15) is 0 Å². The van der Waals surface area contributed by atoms with Crippen LogP contribution >= 0.6 is 12.2 Å². The number of hydrogen-bond donors (Lipinski definition) is 1. The van der Waals surface area contributed by atoms with Crippen LogP contribution in [0.25, 0.3) is 0 Å². The zero-order valence-corrected chi connectivity index (χ0v) is 16.9. The molecule has 0 fully saturated rings. The molecule has 0 radical (unpaired) electrons. The molecule has 0 spiro atoms. The summed E-state index contributed by atoms with van der Waals surface area (Å²) < 4.78 is 27.9. The van der Waals surface area contributed by atoms with Gasteiger partial charge in [-0.25, -0.2) is 8.78 Å². The number of allylic oxidation sites excluding steroid dienone is 1. The molecular formula is C21H21F2N3OS. The zero-order valence-electron chi connectivity index (χ0n) is 16.1. The summed E-state index contributed by atoms with van der Waals surface area (Å²) in [5, 5.41) is 3.41. The summed E-state index contributed by atoms with van der Waals surface area (Å²) in [5.41, 5.74) is 2.96. The average molecular weight is 401 g/mol. The summed E-state index contributed by atoms with van der Waals surface area (Å²) >= 11 is 5.54. The topological polar surface area (TPSA) is 35.6 Å². The van der Waals surface area contributed by atoms with Crippen molar-refractivity contribution in [3.63, 3.8) is 0 Å². The third-order valence-electron chi connectivity index (χ3n) is 4.65. The largest absolute Gasteiger partial charge is 0.351 e. The molecule has 0 saturated carbocycles. The average Bonchev–Trinajstić information content (AvgIpc) is 2.61. The van der Waals surface area contributed by atoms with Crippen molar-refractivity contribution < 1.29 is 13.6 Å². The van der Waals surface area contributed by atoms with Crippen LogP contribution in [0.3, 0.4) is 0 Å². The maximum Gasteiger partial charge on any atom is 0.253 e. The number of hydrogen-bond acceptors (Lipinski definition) is 2. The summed E-state index contributed by atoms with van der Waals surface area (Å²) in [4.78, 5) is 16.2. The van der Waals surface area contributed by atoms with Gasteiger partial charge in [0, 0.05) is 37.1 Å². The van der Waals surface area contributed by atoms with E-state index in [4.69, 9.17) is 12.2 Å². The molecule has 1 N–H and O–H groups in total. The molecule has 1 heterocycles. The number of nitrogens with one attached hydrogen (secondary N) is 1. The van der Waals surface area contributed by atoms with E-state index in [2.05, 4.69) is 5.32 Å². The molecule has 28 heavy (non-hydrogen) atoms. The Morgan fingerprint density at radius 2 is 1.86 bits per heavy atom. The van der Waals surface area contributed by atoms with Crippen LogP contribution in [0.4, 0.5) is 14.5 Å². The van der Waals surface area contributed by atoms with Crippen molar-refractivity contribution in [2.45, 2.75) is 19.9 Å². The number of benzene rings is 2. The zero-order chi connectivity index (χ0) is 20.6. The molecule has 2 aromatic carbocycles. The van der Waals surface area contributed by atoms with Gasteiger partial charge in [0.25, 0.3) is 5.91 Å². The van der Waals surface area contributed by atoms with Gasteiger partial charge in [0.2, 0.25) is 0 Å². The highest BCUT2D eigenvalue weighted by Crippen LogP contribution is 2.35. The van der Waals surface area contributed by atoms with Crippen LogP contribution in [0.5, 0.6) is 0 Å². The maximum absolute atomic E-state index is 14.5. The molecule has 0 bridgehead atoms. The Kier molecular flexibility index (Phi) is 5.47. The second-order valence-electron chi connectivity index (χ2n) is 6.92. The van der Waals surface area contributed by atoms with Gasteiger partial charge in [-0.05, 0) is 49.8 Å². The first-order chi connectivity index (χ1) is 13.2. The van der Waals surface area contributed by atoms with Crippen molar-refractivity contribution in [1.82, 2.24) is 10.2 Å². The monoisotopic (exact) mass is 401 g/mol. The molecule has 0 aromatic heterocycles. The first kappa shape index (κ1) is 19.9. The summed E-state index contributed by atoms with van der Waals surface area (Å²) in [7, 11) is 3.26. The Morgan fingerprint density at radius 1 is 1.14 bits per heavy atom. The molecule has 1 atom stereocenters.